The number of hydrogen-bond acceptors (Lipinski definition) is 1. The fourth-order valence-corrected chi connectivity index (χ4v) is 6.77. The third-order valence-corrected chi connectivity index (χ3v) is 9.11. The molecule has 0 bridgehead atoms. The Bertz CT molecular complexity index is 1090. The molecule has 0 aliphatic heterocycles. The lowest BCUT2D eigenvalue weighted by Gasteiger charge is -2.49. The lowest BCUT2D eigenvalue weighted by molar-refractivity contribution is 0.0434. The first-order valence-electron chi connectivity index (χ1n) is 17.1. The molecule has 4 aromatic rings. The Morgan fingerprint density at radius 3 is 1.00 bits per heavy atom. The highest BCUT2D eigenvalue weighted by molar-refractivity contribution is 5.38. The van der Waals surface area contributed by atoms with E-state index in [1.54, 1.807) is 0 Å². The van der Waals surface area contributed by atoms with Gasteiger partial charge >= 0.3 is 0 Å². The molecule has 0 spiro atoms. The van der Waals surface area contributed by atoms with Crippen molar-refractivity contribution in [2.75, 3.05) is 0 Å². The van der Waals surface area contributed by atoms with Crippen molar-refractivity contribution in [1.82, 2.24) is 4.90 Å². The van der Waals surface area contributed by atoms with Gasteiger partial charge in [-0.05, 0) is 42.5 Å². The van der Waals surface area contributed by atoms with Gasteiger partial charge in [-0.15, -0.1) is 0 Å². The van der Waals surface area contributed by atoms with Crippen molar-refractivity contribution in [2.24, 2.45) is 0 Å². The van der Waals surface area contributed by atoms with Crippen LogP contribution in [0.4, 0.5) is 0 Å². The SMILES string of the molecule is CCCCCCCCCCCCCC(C)(C)N(C(c1ccccc1)c1ccccc1)C(c1ccccc1)c1ccccc1. The van der Waals surface area contributed by atoms with Gasteiger partial charge in [0.15, 0.2) is 0 Å². The molecule has 0 saturated heterocycles. The Morgan fingerprint density at radius 2 is 0.698 bits per heavy atom. The van der Waals surface area contributed by atoms with Crippen molar-refractivity contribution in [2.45, 2.75) is 115 Å². The van der Waals surface area contributed by atoms with Gasteiger partial charge < -0.3 is 0 Å². The van der Waals surface area contributed by atoms with Crippen LogP contribution in [0.1, 0.15) is 132 Å². The van der Waals surface area contributed by atoms with E-state index in [4.69, 9.17) is 0 Å². The summed E-state index contributed by atoms with van der Waals surface area (Å²) in [6.45, 7) is 7.27. The number of nitrogens with zero attached hydrogens (tertiary/aromatic N) is 1. The molecule has 4 aromatic carbocycles. The lowest BCUT2D eigenvalue weighted by Crippen LogP contribution is -2.49. The maximum absolute atomic E-state index is 2.83. The van der Waals surface area contributed by atoms with Crippen LogP contribution in [0.5, 0.6) is 0 Å². The first-order chi connectivity index (χ1) is 21.1. The van der Waals surface area contributed by atoms with E-state index in [1.807, 2.05) is 0 Å². The Balaban J connectivity index is 1.60. The first-order valence-corrected chi connectivity index (χ1v) is 17.1. The number of rotatable bonds is 19. The molecule has 0 heterocycles. The Labute approximate surface area is 263 Å². The summed E-state index contributed by atoms with van der Waals surface area (Å²) >= 11 is 0. The topological polar surface area (TPSA) is 3.24 Å². The van der Waals surface area contributed by atoms with Gasteiger partial charge in [0.1, 0.15) is 0 Å². The summed E-state index contributed by atoms with van der Waals surface area (Å²) in [5.74, 6) is 0. The molecule has 1 nitrogen and oxygen atoms in total. The predicted octanol–water partition coefficient (Wildman–Crippen LogP) is 12.3. The zero-order valence-electron chi connectivity index (χ0n) is 27.1. The molecule has 0 N–H and O–H groups in total. The van der Waals surface area contributed by atoms with Crippen LogP contribution in [0.25, 0.3) is 0 Å². The molecule has 0 aliphatic rings. The highest BCUT2D eigenvalue weighted by atomic mass is 15.2. The standard InChI is InChI=1S/C42H55N/c1-4-5-6-7-8-9-10-11-12-13-26-35-42(2,3)43(40(36-27-18-14-19-28-36)37-29-20-15-21-30-37)41(38-31-22-16-23-32-38)39-33-24-17-25-34-39/h14-25,27-34,40-41H,4-13,26,35H2,1-3H3. The number of hydrogen-bond donors (Lipinski definition) is 0. The van der Waals surface area contributed by atoms with E-state index in [-0.39, 0.29) is 17.6 Å². The Hall–Kier alpha value is -3.16. The summed E-state index contributed by atoms with van der Waals surface area (Å²) in [5.41, 5.74) is 5.33. The number of unbranched alkanes of at least 4 members (excludes halogenated alkanes) is 10. The van der Waals surface area contributed by atoms with Gasteiger partial charge in [-0.2, -0.15) is 0 Å². The van der Waals surface area contributed by atoms with Crippen molar-refractivity contribution in [3.05, 3.63) is 144 Å². The summed E-state index contributed by atoms with van der Waals surface area (Å²) in [4.78, 5) is 2.83. The molecule has 0 unspecified atom stereocenters. The van der Waals surface area contributed by atoms with E-state index in [9.17, 15) is 0 Å². The van der Waals surface area contributed by atoms with Gasteiger partial charge in [-0.3, -0.25) is 4.90 Å². The summed E-state index contributed by atoms with van der Waals surface area (Å²) in [7, 11) is 0. The molecule has 43 heavy (non-hydrogen) atoms. The predicted molar refractivity (Wildman–Crippen MR) is 186 cm³/mol. The molecule has 0 radical (unpaired) electrons. The quantitative estimate of drug-likeness (QED) is 0.101. The van der Waals surface area contributed by atoms with Gasteiger partial charge in [-0.1, -0.05) is 199 Å². The normalized spacial score (nSPS) is 12.0. The minimum absolute atomic E-state index is 0.0496. The van der Waals surface area contributed by atoms with Crippen molar-refractivity contribution in [1.29, 1.82) is 0 Å². The first kappa shape index (κ1) is 32.7. The maximum Gasteiger partial charge on any atom is 0.0615 e. The van der Waals surface area contributed by atoms with Crippen LogP contribution >= 0.6 is 0 Å². The van der Waals surface area contributed by atoms with Crippen LogP contribution in [0, 0.1) is 0 Å². The Kier molecular flexibility index (Phi) is 13.6. The van der Waals surface area contributed by atoms with Crippen LogP contribution in [-0.4, -0.2) is 10.4 Å². The molecule has 0 aliphatic carbocycles. The summed E-state index contributed by atoms with van der Waals surface area (Å²) in [5, 5.41) is 0. The van der Waals surface area contributed by atoms with Gasteiger partial charge in [0.25, 0.3) is 0 Å². The largest absolute Gasteiger partial charge is 0.276 e. The third-order valence-electron chi connectivity index (χ3n) is 9.11. The van der Waals surface area contributed by atoms with Crippen LogP contribution in [0.15, 0.2) is 121 Å². The molecule has 0 amide bonds. The summed E-state index contributed by atoms with van der Waals surface area (Å²) < 4.78 is 0. The molecule has 0 atom stereocenters. The molecule has 228 valence electrons. The number of benzene rings is 4. The molecule has 4 rings (SSSR count). The van der Waals surface area contributed by atoms with Gasteiger partial charge in [-0.25, -0.2) is 0 Å². The van der Waals surface area contributed by atoms with Crippen molar-refractivity contribution < 1.29 is 0 Å². The van der Waals surface area contributed by atoms with E-state index in [1.165, 1.54) is 92.9 Å². The van der Waals surface area contributed by atoms with Gasteiger partial charge in [0, 0.05) is 5.54 Å². The van der Waals surface area contributed by atoms with Crippen molar-refractivity contribution in [3.8, 4) is 0 Å². The average molecular weight is 574 g/mol. The van der Waals surface area contributed by atoms with E-state index in [2.05, 4.69) is 147 Å². The summed E-state index contributed by atoms with van der Waals surface area (Å²) in [6.07, 6.45) is 16.3. The molecular formula is C42H55N. The van der Waals surface area contributed by atoms with Crippen LogP contribution in [0.3, 0.4) is 0 Å². The zero-order chi connectivity index (χ0) is 30.2. The molecule has 0 saturated carbocycles. The zero-order valence-corrected chi connectivity index (χ0v) is 27.1. The second-order valence-corrected chi connectivity index (χ2v) is 13.0. The van der Waals surface area contributed by atoms with E-state index in [0.29, 0.717) is 0 Å². The highest BCUT2D eigenvalue weighted by Gasteiger charge is 2.40. The Morgan fingerprint density at radius 1 is 0.419 bits per heavy atom. The second kappa shape index (κ2) is 17.8. The minimum Gasteiger partial charge on any atom is -0.276 e. The van der Waals surface area contributed by atoms with Crippen LogP contribution in [-0.2, 0) is 0 Å². The van der Waals surface area contributed by atoms with Crippen LogP contribution in [0.2, 0.25) is 0 Å². The average Bonchev–Trinajstić information content (AvgIpc) is 3.05. The lowest BCUT2D eigenvalue weighted by atomic mass is 9.83. The minimum atomic E-state index is -0.0496. The molecule has 0 aromatic heterocycles. The van der Waals surface area contributed by atoms with Gasteiger partial charge in [0.05, 0.1) is 12.1 Å². The third kappa shape index (κ3) is 9.94. The fourth-order valence-electron chi connectivity index (χ4n) is 6.77. The maximum atomic E-state index is 2.83. The van der Waals surface area contributed by atoms with E-state index < -0.39 is 0 Å². The molecule has 0 fully saturated rings. The highest BCUT2D eigenvalue weighted by Crippen LogP contribution is 2.45. The van der Waals surface area contributed by atoms with Gasteiger partial charge in [0.2, 0.25) is 0 Å². The van der Waals surface area contributed by atoms with E-state index >= 15 is 0 Å². The summed E-state index contributed by atoms with van der Waals surface area (Å²) in [6, 6.07) is 44.9. The van der Waals surface area contributed by atoms with Crippen molar-refractivity contribution in [3.63, 3.8) is 0 Å². The second-order valence-electron chi connectivity index (χ2n) is 13.0. The van der Waals surface area contributed by atoms with Crippen LogP contribution < -0.4 is 0 Å². The van der Waals surface area contributed by atoms with Crippen molar-refractivity contribution >= 4 is 0 Å². The molecule has 1 heteroatoms. The molecular weight excluding hydrogens is 518 g/mol. The van der Waals surface area contributed by atoms with E-state index in [0.717, 1.165) is 6.42 Å². The smallest absolute Gasteiger partial charge is 0.0615 e. The fraction of sp³-hybridized carbons (Fsp3) is 0.429. The monoisotopic (exact) mass is 573 g/mol.